The Bertz CT molecular complexity index is 1170. The normalized spacial score (nSPS) is 11.1. The summed E-state index contributed by atoms with van der Waals surface area (Å²) in [5, 5.41) is 3.46. The van der Waals surface area contributed by atoms with Gasteiger partial charge in [-0.3, -0.25) is 9.59 Å². The fourth-order valence-corrected chi connectivity index (χ4v) is 3.64. The predicted octanol–water partition coefficient (Wildman–Crippen LogP) is 5.80. The van der Waals surface area contributed by atoms with Gasteiger partial charge < -0.3 is 20.5 Å². The second kappa shape index (κ2) is 12.5. The smallest absolute Gasteiger partial charge is 0.261 e. The number of halogens is 1. The van der Waals surface area contributed by atoms with Crippen LogP contribution in [0.4, 0.5) is 0 Å². The van der Waals surface area contributed by atoms with Gasteiger partial charge >= 0.3 is 0 Å². The third-order valence-electron chi connectivity index (χ3n) is 5.75. The molecule has 0 saturated heterocycles. The summed E-state index contributed by atoms with van der Waals surface area (Å²) in [6.07, 6.45) is 2.63. The zero-order chi connectivity index (χ0) is 26.1. The first kappa shape index (κ1) is 27.1. The molecule has 0 radical (unpaired) electrons. The number of carbonyl (C=O) groups excluding carboxylic acids is 2. The van der Waals surface area contributed by atoms with Crippen LogP contribution in [0.15, 0.2) is 66.7 Å². The summed E-state index contributed by atoms with van der Waals surface area (Å²) in [4.78, 5) is 24.2. The maximum absolute atomic E-state index is 12.7. The van der Waals surface area contributed by atoms with Crippen LogP contribution in [0.1, 0.15) is 49.5 Å². The minimum Gasteiger partial charge on any atom is -0.493 e. The van der Waals surface area contributed by atoms with E-state index in [0.717, 1.165) is 29.5 Å². The van der Waals surface area contributed by atoms with Gasteiger partial charge in [0.1, 0.15) is 11.5 Å². The van der Waals surface area contributed by atoms with Gasteiger partial charge in [0.05, 0.1) is 12.2 Å². The Morgan fingerprint density at radius 2 is 1.61 bits per heavy atom. The summed E-state index contributed by atoms with van der Waals surface area (Å²) in [5.41, 5.74) is 7.92. The van der Waals surface area contributed by atoms with Crippen molar-refractivity contribution in [1.82, 2.24) is 5.32 Å². The maximum Gasteiger partial charge on any atom is 0.261 e. The number of hydrogen-bond acceptors (Lipinski definition) is 4. The van der Waals surface area contributed by atoms with Crippen molar-refractivity contribution in [2.24, 2.45) is 5.73 Å². The average molecular weight is 509 g/mol. The number of benzene rings is 3. The van der Waals surface area contributed by atoms with Gasteiger partial charge in [0.2, 0.25) is 0 Å². The number of hydrogen-bond donors (Lipinski definition) is 2. The van der Waals surface area contributed by atoms with Crippen LogP contribution in [0, 0.1) is 0 Å². The number of carbonyl (C=O) groups is 2. The molecule has 0 fully saturated rings. The molecule has 190 valence electrons. The molecule has 0 aliphatic heterocycles. The van der Waals surface area contributed by atoms with E-state index in [1.165, 1.54) is 0 Å². The van der Waals surface area contributed by atoms with Crippen LogP contribution in [0.3, 0.4) is 0 Å². The van der Waals surface area contributed by atoms with Crippen molar-refractivity contribution in [1.29, 1.82) is 0 Å². The molecule has 3 aromatic carbocycles. The highest BCUT2D eigenvalue weighted by atomic mass is 35.5. The van der Waals surface area contributed by atoms with Gasteiger partial charge in [0.25, 0.3) is 11.8 Å². The lowest BCUT2D eigenvalue weighted by Crippen LogP contribution is -2.43. The first-order valence-corrected chi connectivity index (χ1v) is 12.5. The van der Waals surface area contributed by atoms with Crippen LogP contribution < -0.4 is 20.5 Å². The number of nitrogens with one attached hydrogen (secondary N) is 1. The number of rotatable bonds is 12. The topological polar surface area (TPSA) is 90.7 Å². The Balaban J connectivity index is 1.55. The summed E-state index contributed by atoms with van der Waals surface area (Å²) in [5.74, 6) is 0.395. The Kier molecular flexibility index (Phi) is 9.37. The largest absolute Gasteiger partial charge is 0.493 e. The van der Waals surface area contributed by atoms with Crippen LogP contribution in [-0.2, 0) is 11.2 Å². The molecule has 3 rings (SSSR count). The van der Waals surface area contributed by atoms with Gasteiger partial charge in [-0.2, -0.15) is 0 Å². The summed E-state index contributed by atoms with van der Waals surface area (Å²) < 4.78 is 11.4. The quantitative estimate of drug-likeness (QED) is 0.302. The average Bonchev–Trinajstić information content (AvgIpc) is 2.85. The van der Waals surface area contributed by atoms with Crippen LogP contribution in [0.2, 0.25) is 5.02 Å². The molecule has 3 aromatic rings. The molecule has 0 saturated carbocycles. The number of primary amides is 1. The molecule has 0 aliphatic carbocycles. The van der Waals surface area contributed by atoms with Crippen LogP contribution in [0.25, 0.3) is 11.1 Å². The number of ether oxygens (including phenoxy) is 2. The highest BCUT2D eigenvalue weighted by Crippen LogP contribution is 2.26. The van der Waals surface area contributed by atoms with E-state index in [1.807, 2.05) is 48.5 Å². The Hall–Kier alpha value is -3.51. The fraction of sp³-hybridized carbons (Fsp3) is 0.310. The van der Waals surface area contributed by atoms with Gasteiger partial charge in [-0.25, -0.2) is 0 Å². The highest BCUT2D eigenvalue weighted by Gasteiger charge is 2.27. The lowest BCUT2D eigenvalue weighted by atomic mass is 10.0. The van der Waals surface area contributed by atoms with Crippen molar-refractivity contribution in [3.8, 4) is 22.6 Å². The van der Waals surface area contributed by atoms with Gasteiger partial charge in [-0.05, 0) is 73.7 Å². The van der Waals surface area contributed by atoms with Gasteiger partial charge in [-0.1, -0.05) is 61.3 Å². The van der Waals surface area contributed by atoms with E-state index in [4.69, 9.17) is 26.8 Å². The van der Waals surface area contributed by atoms with Crippen molar-refractivity contribution >= 4 is 23.4 Å². The SMILES string of the molecule is CCCCOc1ccc(Cl)cc1C(=O)NCCc1ccc(-c2ccc(OC(C)(C)C(N)=O)cc2)cc1. The summed E-state index contributed by atoms with van der Waals surface area (Å²) in [6, 6.07) is 20.8. The van der Waals surface area contributed by atoms with E-state index < -0.39 is 11.5 Å². The predicted molar refractivity (Wildman–Crippen MR) is 144 cm³/mol. The van der Waals surface area contributed by atoms with Crippen molar-refractivity contribution in [2.75, 3.05) is 13.2 Å². The Labute approximate surface area is 217 Å². The molecule has 3 N–H and O–H groups in total. The van der Waals surface area contributed by atoms with Crippen LogP contribution >= 0.6 is 11.6 Å². The molecule has 0 unspecified atom stereocenters. The number of nitrogens with two attached hydrogens (primary N) is 1. The molecule has 0 aromatic heterocycles. The molecule has 7 heteroatoms. The molecule has 0 bridgehead atoms. The van der Waals surface area contributed by atoms with E-state index in [1.54, 1.807) is 32.0 Å². The van der Waals surface area contributed by atoms with E-state index in [9.17, 15) is 9.59 Å². The van der Waals surface area contributed by atoms with Crippen molar-refractivity contribution in [3.63, 3.8) is 0 Å². The van der Waals surface area contributed by atoms with Crippen LogP contribution in [0.5, 0.6) is 11.5 Å². The van der Waals surface area contributed by atoms with E-state index in [2.05, 4.69) is 12.2 Å². The molecule has 0 aliphatic rings. The first-order valence-electron chi connectivity index (χ1n) is 12.1. The molecule has 2 amide bonds. The first-order chi connectivity index (χ1) is 17.2. The zero-order valence-electron chi connectivity index (χ0n) is 21.0. The summed E-state index contributed by atoms with van der Waals surface area (Å²) in [6.45, 7) is 6.41. The molecular formula is C29H33ClN2O4. The van der Waals surface area contributed by atoms with Crippen molar-refractivity contribution < 1.29 is 19.1 Å². The molecular weight excluding hydrogens is 476 g/mol. The van der Waals surface area contributed by atoms with Gasteiger partial charge in [-0.15, -0.1) is 0 Å². The highest BCUT2D eigenvalue weighted by molar-refractivity contribution is 6.31. The second-order valence-corrected chi connectivity index (χ2v) is 9.48. The third kappa shape index (κ3) is 7.49. The van der Waals surface area contributed by atoms with E-state index in [-0.39, 0.29) is 5.91 Å². The zero-order valence-corrected chi connectivity index (χ0v) is 21.7. The van der Waals surface area contributed by atoms with Crippen molar-refractivity contribution in [2.45, 2.75) is 45.6 Å². The monoisotopic (exact) mass is 508 g/mol. The van der Waals surface area contributed by atoms with E-state index >= 15 is 0 Å². The molecule has 0 heterocycles. The fourth-order valence-electron chi connectivity index (χ4n) is 3.47. The van der Waals surface area contributed by atoms with Crippen molar-refractivity contribution in [3.05, 3.63) is 82.9 Å². The Morgan fingerprint density at radius 1 is 0.972 bits per heavy atom. The lowest BCUT2D eigenvalue weighted by Gasteiger charge is -2.22. The van der Waals surface area contributed by atoms with Gasteiger partial charge in [0.15, 0.2) is 5.60 Å². The van der Waals surface area contributed by atoms with E-state index in [0.29, 0.717) is 41.7 Å². The second-order valence-electron chi connectivity index (χ2n) is 9.05. The Morgan fingerprint density at radius 3 is 2.22 bits per heavy atom. The third-order valence-corrected chi connectivity index (χ3v) is 5.98. The maximum atomic E-state index is 12.7. The summed E-state index contributed by atoms with van der Waals surface area (Å²) >= 11 is 6.11. The number of amides is 2. The minimum absolute atomic E-state index is 0.206. The number of unbranched alkanes of at least 4 members (excludes halogenated alkanes) is 1. The molecule has 0 spiro atoms. The summed E-state index contributed by atoms with van der Waals surface area (Å²) in [7, 11) is 0. The lowest BCUT2D eigenvalue weighted by molar-refractivity contribution is -0.130. The molecule has 36 heavy (non-hydrogen) atoms. The standard InChI is InChI=1S/C29H33ClN2O4/c1-4-5-18-35-26-15-12-23(30)19-25(26)27(33)32-17-16-20-6-8-21(9-7-20)22-10-13-24(14-11-22)36-29(2,3)28(31)34/h6-15,19H,4-5,16-18H2,1-3H3,(H2,31,34)(H,32,33). The molecule has 0 atom stereocenters. The van der Waals surface area contributed by atoms with Gasteiger partial charge in [0, 0.05) is 11.6 Å². The minimum atomic E-state index is -1.07. The molecule has 6 nitrogen and oxygen atoms in total. The van der Waals surface area contributed by atoms with Crippen LogP contribution in [-0.4, -0.2) is 30.6 Å².